The van der Waals surface area contributed by atoms with Crippen LogP contribution in [0.4, 0.5) is 10.5 Å². The summed E-state index contributed by atoms with van der Waals surface area (Å²) in [6.07, 6.45) is 4.08. The van der Waals surface area contributed by atoms with Crippen molar-refractivity contribution in [2.75, 3.05) is 18.5 Å². The van der Waals surface area contributed by atoms with Crippen molar-refractivity contribution in [2.45, 2.75) is 0 Å². The Morgan fingerprint density at radius 1 is 1.00 bits per heavy atom. The SMILES string of the molecule is O=C(Nc1cccc(Cl)c1C(=O)O)OCCOc1ccc(-c2cncnc2)cc1. The Hall–Kier alpha value is -3.65. The van der Waals surface area contributed by atoms with Crippen molar-refractivity contribution >= 4 is 29.4 Å². The number of hydrogen-bond donors (Lipinski definition) is 2. The van der Waals surface area contributed by atoms with E-state index in [1.807, 2.05) is 12.1 Å². The normalized spacial score (nSPS) is 10.2. The molecule has 29 heavy (non-hydrogen) atoms. The number of nitrogens with zero attached hydrogens (tertiary/aromatic N) is 2. The number of rotatable bonds is 7. The highest BCUT2D eigenvalue weighted by Gasteiger charge is 2.16. The number of hydrogen-bond acceptors (Lipinski definition) is 6. The van der Waals surface area contributed by atoms with Crippen LogP contribution in [0.15, 0.2) is 61.2 Å². The largest absolute Gasteiger partial charge is 0.490 e. The fourth-order valence-electron chi connectivity index (χ4n) is 2.48. The lowest BCUT2D eigenvalue weighted by Crippen LogP contribution is -2.19. The van der Waals surface area contributed by atoms with E-state index in [4.69, 9.17) is 21.1 Å². The first-order chi connectivity index (χ1) is 14.0. The topological polar surface area (TPSA) is 111 Å². The van der Waals surface area contributed by atoms with E-state index in [2.05, 4.69) is 15.3 Å². The van der Waals surface area contributed by atoms with Gasteiger partial charge in [-0.05, 0) is 29.8 Å². The van der Waals surface area contributed by atoms with Crippen LogP contribution in [0.1, 0.15) is 10.4 Å². The third kappa shape index (κ3) is 5.43. The smallest absolute Gasteiger partial charge is 0.411 e. The minimum Gasteiger partial charge on any atom is -0.490 e. The second-order valence-corrected chi connectivity index (χ2v) is 6.14. The van der Waals surface area contributed by atoms with Gasteiger partial charge in [-0.3, -0.25) is 5.32 Å². The fourth-order valence-corrected chi connectivity index (χ4v) is 2.73. The van der Waals surface area contributed by atoms with Crippen LogP contribution in [0.25, 0.3) is 11.1 Å². The van der Waals surface area contributed by atoms with E-state index >= 15 is 0 Å². The highest BCUT2D eigenvalue weighted by atomic mass is 35.5. The first-order valence-electron chi connectivity index (χ1n) is 8.48. The van der Waals surface area contributed by atoms with E-state index < -0.39 is 12.1 Å². The number of aromatic carboxylic acids is 1. The first-order valence-corrected chi connectivity index (χ1v) is 8.86. The van der Waals surface area contributed by atoms with Crippen molar-refractivity contribution in [2.24, 2.45) is 0 Å². The lowest BCUT2D eigenvalue weighted by molar-refractivity contribution is 0.0698. The molecule has 148 valence electrons. The summed E-state index contributed by atoms with van der Waals surface area (Å²) in [5, 5.41) is 11.6. The Labute approximate surface area is 171 Å². The average Bonchev–Trinajstić information content (AvgIpc) is 2.72. The maximum absolute atomic E-state index is 11.9. The van der Waals surface area contributed by atoms with Gasteiger partial charge in [0.15, 0.2) is 0 Å². The Balaban J connectivity index is 1.47. The molecular weight excluding hydrogens is 398 g/mol. The minimum atomic E-state index is -1.25. The molecule has 0 spiro atoms. The van der Waals surface area contributed by atoms with Crippen LogP contribution in [-0.4, -0.2) is 40.4 Å². The molecule has 1 aromatic heterocycles. The van der Waals surface area contributed by atoms with Crippen molar-refractivity contribution in [3.05, 3.63) is 71.8 Å². The molecule has 0 fully saturated rings. The molecule has 3 aromatic rings. The number of halogens is 1. The van der Waals surface area contributed by atoms with Crippen LogP contribution >= 0.6 is 11.6 Å². The van der Waals surface area contributed by atoms with E-state index in [1.165, 1.54) is 24.5 Å². The number of amides is 1. The van der Waals surface area contributed by atoms with Gasteiger partial charge in [-0.15, -0.1) is 0 Å². The van der Waals surface area contributed by atoms with Crippen LogP contribution < -0.4 is 10.1 Å². The zero-order valence-corrected chi connectivity index (χ0v) is 15.8. The molecule has 0 bridgehead atoms. The second-order valence-electron chi connectivity index (χ2n) is 5.73. The number of carboxylic acids is 1. The van der Waals surface area contributed by atoms with E-state index in [0.717, 1.165) is 11.1 Å². The van der Waals surface area contributed by atoms with Crippen molar-refractivity contribution in [3.8, 4) is 16.9 Å². The summed E-state index contributed by atoms with van der Waals surface area (Å²) in [4.78, 5) is 31.1. The number of carbonyl (C=O) groups is 2. The molecule has 9 heteroatoms. The monoisotopic (exact) mass is 413 g/mol. The molecule has 2 aromatic carbocycles. The summed E-state index contributed by atoms with van der Waals surface area (Å²) >= 11 is 5.85. The molecule has 3 rings (SSSR count). The third-order valence-electron chi connectivity index (χ3n) is 3.80. The first kappa shape index (κ1) is 20.1. The zero-order valence-electron chi connectivity index (χ0n) is 15.0. The Bertz CT molecular complexity index is 997. The summed E-state index contributed by atoms with van der Waals surface area (Å²) in [6.45, 7) is 0.103. The lowest BCUT2D eigenvalue weighted by atomic mass is 10.1. The molecule has 0 aliphatic heterocycles. The van der Waals surface area contributed by atoms with Crippen molar-refractivity contribution in [1.29, 1.82) is 0 Å². The van der Waals surface area contributed by atoms with Gasteiger partial charge in [0.05, 0.1) is 10.7 Å². The number of carbonyl (C=O) groups excluding carboxylic acids is 1. The van der Waals surface area contributed by atoms with Gasteiger partial charge in [0, 0.05) is 18.0 Å². The Morgan fingerprint density at radius 2 is 1.72 bits per heavy atom. The molecule has 0 saturated heterocycles. The molecule has 0 saturated carbocycles. The Kier molecular flexibility index (Phi) is 6.59. The molecule has 1 heterocycles. The molecule has 0 aliphatic rings. The molecule has 8 nitrogen and oxygen atoms in total. The van der Waals surface area contributed by atoms with Crippen LogP contribution in [-0.2, 0) is 4.74 Å². The summed E-state index contributed by atoms with van der Waals surface area (Å²) in [7, 11) is 0. The van der Waals surface area contributed by atoms with Gasteiger partial charge in [-0.25, -0.2) is 19.6 Å². The van der Waals surface area contributed by atoms with Crippen LogP contribution in [0.2, 0.25) is 5.02 Å². The predicted molar refractivity (Wildman–Crippen MR) is 106 cm³/mol. The highest BCUT2D eigenvalue weighted by Crippen LogP contribution is 2.24. The van der Waals surface area contributed by atoms with Gasteiger partial charge in [0.2, 0.25) is 0 Å². The van der Waals surface area contributed by atoms with Gasteiger partial charge in [-0.2, -0.15) is 0 Å². The second kappa shape index (κ2) is 9.52. The summed E-state index contributed by atoms with van der Waals surface area (Å²) in [5.41, 5.74) is 1.69. The van der Waals surface area contributed by atoms with Gasteiger partial charge >= 0.3 is 12.1 Å². The van der Waals surface area contributed by atoms with Crippen molar-refractivity contribution < 1.29 is 24.2 Å². The molecule has 2 N–H and O–H groups in total. The molecule has 0 unspecified atom stereocenters. The quantitative estimate of drug-likeness (QED) is 0.560. The van der Waals surface area contributed by atoms with Crippen molar-refractivity contribution in [1.82, 2.24) is 9.97 Å². The van der Waals surface area contributed by atoms with Gasteiger partial charge in [-0.1, -0.05) is 29.8 Å². The fraction of sp³-hybridized carbons (Fsp3) is 0.100. The van der Waals surface area contributed by atoms with Crippen LogP contribution in [0, 0.1) is 0 Å². The predicted octanol–water partition coefficient (Wildman–Crippen LogP) is 4.12. The molecule has 0 radical (unpaired) electrons. The maximum Gasteiger partial charge on any atom is 0.411 e. The molecular formula is C20H16ClN3O5. The summed E-state index contributed by atoms with van der Waals surface area (Å²) in [6, 6.07) is 11.7. The van der Waals surface area contributed by atoms with E-state index in [-0.39, 0.29) is 29.5 Å². The number of anilines is 1. The number of benzene rings is 2. The van der Waals surface area contributed by atoms with Gasteiger partial charge < -0.3 is 14.6 Å². The number of aromatic nitrogens is 2. The lowest BCUT2D eigenvalue weighted by Gasteiger charge is -2.11. The van der Waals surface area contributed by atoms with Crippen LogP contribution in [0.5, 0.6) is 5.75 Å². The number of ether oxygens (including phenoxy) is 2. The van der Waals surface area contributed by atoms with Crippen molar-refractivity contribution in [3.63, 3.8) is 0 Å². The zero-order chi connectivity index (χ0) is 20.6. The standard InChI is InChI=1S/C20H16ClN3O5/c21-16-2-1-3-17(18(16)19(25)26)24-20(27)29-9-8-28-15-6-4-13(5-7-15)14-10-22-12-23-11-14/h1-7,10-12H,8-9H2,(H,24,27)(H,25,26). The van der Waals surface area contributed by atoms with E-state index in [9.17, 15) is 14.7 Å². The van der Waals surface area contributed by atoms with E-state index in [1.54, 1.807) is 24.5 Å². The van der Waals surface area contributed by atoms with Gasteiger partial charge in [0.1, 0.15) is 30.9 Å². The summed E-state index contributed by atoms with van der Waals surface area (Å²) < 4.78 is 10.5. The Morgan fingerprint density at radius 3 is 2.41 bits per heavy atom. The molecule has 0 aliphatic carbocycles. The van der Waals surface area contributed by atoms with E-state index in [0.29, 0.717) is 5.75 Å². The summed E-state index contributed by atoms with van der Waals surface area (Å²) in [5.74, 6) is -0.641. The third-order valence-corrected chi connectivity index (χ3v) is 4.11. The number of carboxylic acid groups (broad SMARTS) is 1. The van der Waals surface area contributed by atoms with Crippen LogP contribution in [0.3, 0.4) is 0 Å². The number of nitrogens with one attached hydrogen (secondary N) is 1. The molecule has 0 atom stereocenters. The van der Waals surface area contributed by atoms with Gasteiger partial charge in [0.25, 0.3) is 0 Å². The average molecular weight is 414 g/mol. The maximum atomic E-state index is 11.9. The minimum absolute atomic E-state index is 0.0177. The highest BCUT2D eigenvalue weighted by molar-refractivity contribution is 6.34. The molecule has 1 amide bonds.